The third kappa shape index (κ3) is 4.23. The van der Waals surface area contributed by atoms with E-state index in [-0.39, 0.29) is 28.8 Å². The third-order valence-corrected chi connectivity index (χ3v) is 10.9. The normalized spacial score (nSPS) is 43.1. The van der Waals surface area contributed by atoms with E-state index in [1.54, 1.807) is 5.57 Å². The molecule has 5 aliphatic rings. The van der Waals surface area contributed by atoms with Crippen molar-refractivity contribution in [3.05, 3.63) is 11.6 Å². The van der Waals surface area contributed by atoms with E-state index in [4.69, 9.17) is 4.74 Å². The zero-order chi connectivity index (χ0) is 23.2. The van der Waals surface area contributed by atoms with Gasteiger partial charge < -0.3 is 9.64 Å². The molecule has 184 valence electrons. The number of Topliss-reactive ketones (excluding diaryl/α,β-unsaturated/α-hetero) is 1. The Bertz CT molecular complexity index is 799. The largest absolute Gasteiger partial charge is 0.462 e. The van der Waals surface area contributed by atoms with E-state index in [9.17, 15) is 9.59 Å². The monoisotopic (exact) mass is 455 g/mol. The number of fused-ring (bicyclic) bond motifs is 5. The van der Waals surface area contributed by atoms with Crippen LogP contribution in [0.2, 0.25) is 0 Å². The number of ether oxygens (including phenoxy) is 1. The zero-order valence-corrected chi connectivity index (χ0v) is 21.2. The fraction of sp³-hybridized carbons (Fsp3) is 0.862. The van der Waals surface area contributed by atoms with E-state index < -0.39 is 0 Å². The smallest absolute Gasteiger partial charge is 0.307 e. The highest BCUT2D eigenvalue weighted by atomic mass is 16.5. The maximum absolute atomic E-state index is 12.6. The second-order valence-electron chi connectivity index (χ2n) is 12.6. The molecule has 0 spiro atoms. The standard InChI is InChI=1S/C29H45NO3/c1-20(31)24-9-10-25-23-8-7-21-19-22(33-27(32)13-18-30-16-5-4-6-17-30)11-14-28(21,2)26(23)12-15-29(24,25)3/h7,22-26H,4-6,8-19H2,1-3H3/t22-,23+,24-,25-,26+,28-,29+/m0/s1. The van der Waals surface area contributed by atoms with E-state index in [1.165, 1.54) is 38.5 Å². The van der Waals surface area contributed by atoms with Crippen molar-refractivity contribution in [2.75, 3.05) is 19.6 Å². The summed E-state index contributed by atoms with van der Waals surface area (Å²) in [6.07, 6.45) is 16.0. The molecule has 0 aromatic heterocycles. The van der Waals surface area contributed by atoms with E-state index in [0.29, 0.717) is 18.1 Å². The van der Waals surface area contributed by atoms with Gasteiger partial charge in [0.1, 0.15) is 11.9 Å². The molecule has 4 fully saturated rings. The summed E-state index contributed by atoms with van der Waals surface area (Å²) in [5.41, 5.74) is 2.04. The Morgan fingerprint density at radius 1 is 1.03 bits per heavy atom. The topological polar surface area (TPSA) is 46.6 Å². The molecule has 0 radical (unpaired) electrons. The van der Waals surface area contributed by atoms with Crippen molar-refractivity contribution in [1.29, 1.82) is 0 Å². The zero-order valence-electron chi connectivity index (χ0n) is 21.2. The van der Waals surface area contributed by atoms with Crippen molar-refractivity contribution in [3.63, 3.8) is 0 Å². The van der Waals surface area contributed by atoms with Gasteiger partial charge in [0.25, 0.3) is 0 Å². The highest BCUT2D eigenvalue weighted by Gasteiger charge is 2.59. The first-order valence-electron chi connectivity index (χ1n) is 13.9. The van der Waals surface area contributed by atoms with Crippen LogP contribution in [0.3, 0.4) is 0 Å². The predicted octanol–water partition coefficient (Wildman–Crippen LogP) is 5.94. The summed E-state index contributed by atoms with van der Waals surface area (Å²) in [5, 5.41) is 0. The molecule has 0 aromatic carbocycles. The minimum absolute atomic E-state index is 0.00174. The van der Waals surface area contributed by atoms with Gasteiger partial charge in [0.15, 0.2) is 0 Å². The molecular weight excluding hydrogens is 410 g/mol. The number of hydrogen-bond acceptors (Lipinski definition) is 4. The molecule has 0 aromatic rings. The lowest BCUT2D eigenvalue weighted by atomic mass is 9.47. The molecule has 1 heterocycles. The van der Waals surface area contributed by atoms with Gasteiger partial charge in [0.2, 0.25) is 0 Å². The van der Waals surface area contributed by atoms with Crippen LogP contribution in [0.25, 0.3) is 0 Å². The minimum atomic E-state index is -0.00174. The Hall–Kier alpha value is -1.16. The third-order valence-electron chi connectivity index (χ3n) is 10.9. The number of carbonyl (C=O) groups excluding carboxylic acids is 2. The van der Waals surface area contributed by atoms with Gasteiger partial charge in [-0.2, -0.15) is 0 Å². The van der Waals surface area contributed by atoms with Crippen LogP contribution in [0.4, 0.5) is 0 Å². The number of esters is 1. The molecule has 1 aliphatic heterocycles. The Morgan fingerprint density at radius 2 is 1.82 bits per heavy atom. The van der Waals surface area contributed by atoms with Crippen LogP contribution in [-0.2, 0) is 14.3 Å². The van der Waals surface area contributed by atoms with E-state index in [2.05, 4.69) is 24.8 Å². The lowest BCUT2D eigenvalue weighted by Gasteiger charge is -2.58. The first-order chi connectivity index (χ1) is 15.8. The van der Waals surface area contributed by atoms with Crippen LogP contribution in [0.15, 0.2) is 11.6 Å². The molecule has 4 nitrogen and oxygen atoms in total. The fourth-order valence-electron chi connectivity index (χ4n) is 9.07. The summed E-state index contributed by atoms with van der Waals surface area (Å²) in [4.78, 5) is 27.4. The summed E-state index contributed by atoms with van der Waals surface area (Å²) in [6, 6.07) is 0. The molecule has 1 saturated heterocycles. The number of nitrogens with zero attached hydrogens (tertiary/aromatic N) is 1. The molecule has 5 rings (SSSR count). The first-order valence-corrected chi connectivity index (χ1v) is 13.9. The Labute approximate surface area is 200 Å². The molecule has 7 atom stereocenters. The predicted molar refractivity (Wildman–Crippen MR) is 131 cm³/mol. The highest BCUT2D eigenvalue weighted by molar-refractivity contribution is 5.79. The molecular formula is C29H45NO3. The SMILES string of the molecule is CC(=O)[C@@H]1CC[C@H]2[C@H]3CC=C4C[C@@H](OC(=O)CCN5CCCCC5)CC[C@]4(C)[C@@H]3CC[C@]12C. The van der Waals surface area contributed by atoms with Crippen molar-refractivity contribution in [2.24, 2.45) is 34.5 Å². The van der Waals surface area contributed by atoms with E-state index >= 15 is 0 Å². The fourth-order valence-corrected chi connectivity index (χ4v) is 9.07. The lowest BCUT2D eigenvalue weighted by molar-refractivity contribution is -0.152. The second-order valence-corrected chi connectivity index (χ2v) is 12.6. The Morgan fingerprint density at radius 3 is 2.58 bits per heavy atom. The van der Waals surface area contributed by atoms with Crippen LogP contribution >= 0.6 is 0 Å². The average Bonchev–Trinajstić information content (AvgIpc) is 3.16. The molecule has 4 heteroatoms. The molecule has 0 amide bonds. The van der Waals surface area contributed by atoms with Crippen molar-refractivity contribution >= 4 is 11.8 Å². The summed E-state index contributed by atoms with van der Waals surface area (Å²) in [6.45, 7) is 9.88. The van der Waals surface area contributed by atoms with E-state index in [0.717, 1.165) is 63.6 Å². The van der Waals surface area contributed by atoms with Gasteiger partial charge in [-0.1, -0.05) is 31.9 Å². The summed E-state index contributed by atoms with van der Waals surface area (Å²) in [7, 11) is 0. The molecule has 33 heavy (non-hydrogen) atoms. The Balaban J connectivity index is 1.21. The number of allylic oxidation sites excluding steroid dienone is 1. The number of likely N-dealkylation sites (tertiary alicyclic amines) is 1. The highest BCUT2D eigenvalue weighted by Crippen LogP contribution is 2.66. The van der Waals surface area contributed by atoms with Gasteiger partial charge in [0, 0.05) is 18.9 Å². The van der Waals surface area contributed by atoms with Gasteiger partial charge in [-0.3, -0.25) is 9.59 Å². The van der Waals surface area contributed by atoms with Crippen LogP contribution in [0, 0.1) is 34.5 Å². The summed E-state index contributed by atoms with van der Waals surface area (Å²) >= 11 is 0. The second kappa shape index (κ2) is 9.13. The van der Waals surface area contributed by atoms with Gasteiger partial charge in [-0.05, 0) is 106 Å². The van der Waals surface area contributed by atoms with Gasteiger partial charge in [0.05, 0.1) is 6.42 Å². The molecule has 4 aliphatic carbocycles. The number of ketones is 1. The molecule has 3 saturated carbocycles. The number of rotatable bonds is 5. The summed E-state index contributed by atoms with van der Waals surface area (Å²) in [5.74, 6) is 2.85. The van der Waals surface area contributed by atoms with Crippen LogP contribution in [0.1, 0.15) is 97.8 Å². The van der Waals surface area contributed by atoms with Crippen molar-refractivity contribution in [3.8, 4) is 0 Å². The average molecular weight is 456 g/mol. The van der Waals surface area contributed by atoms with Gasteiger partial charge in [-0.15, -0.1) is 0 Å². The Kier molecular flexibility index (Phi) is 6.52. The van der Waals surface area contributed by atoms with Crippen molar-refractivity contribution in [2.45, 2.75) is 104 Å². The van der Waals surface area contributed by atoms with Crippen LogP contribution < -0.4 is 0 Å². The first kappa shape index (κ1) is 23.6. The minimum Gasteiger partial charge on any atom is -0.462 e. The van der Waals surface area contributed by atoms with Crippen molar-refractivity contribution < 1.29 is 14.3 Å². The molecule has 0 N–H and O–H groups in total. The van der Waals surface area contributed by atoms with Gasteiger partial charge >= 0.3 is 5.97 Å². The van der Waals surface area contributed by atoms with E-state index in [1.807, 2.05) is 6.92 Å². The number of carbonyl (C=O) groups is 2. The maximum atomic E-state index is 12.6. The molecule has 0 unspecified atom stereocenters. The van der Waals surface area contributed by atoms with Crippen LogP contribution in [-0.4, -0.2) is 42.4 Å². The molecule has 0 bridgehead atoms. The van der Waals surface area contributed by atoms with Gasteiger partial charge in [-0.25, -0.2) is 0 Å². The lowest BCUT2D eigenvalue weighted by Crippen LogP contribution is -2.51. The number of hydrogen-bond donors (Lipinski definition) is 0. The summed E-state index contributed by atoms with van der Waals surface area (Å²) < 4.78 is 5.99. The van der Waals surface area contributed by atoms with Crippen molar-refractivity contribution in [1.82, 2.24) is 4.90 Å². The quantitative estimate of drug-likeness (QED) is 0.380. The maximum Gasteiger partial charge on any atom is 0.307 e. The number of piperidine rings is 1. The van der Waals surface area contributed by atoms with Crippen LogP contribution in [0.5, 0.6) is 0 Å².